The second-order valence-corrected chi connectivity index (χ2v) is 0. The molecule has 0 spiro atoms. The van der Waals surface area contributed by atoms with Crippen molar-refractivity contribution in [3.63, 3.8) is 0 Å². The molecule has 0 aliphatic carbocycles. The Morgan fingerprint density at radius 2 is 0.500 bits per heavy atom. The fraction of sp³-hybridized carbons (Fsp3) is 0. The van der Waals surface area contributed by atoms with Gasteiger partial charge in [0.2, 0.25) is 0 Å². The Balaban J connectivity index is 0. The zero-order valence-corrected chi connectivity index (χ0v) is 8.35. The van der Waals surface area contributed by atoms with Gasteiger partial charge in [-0.2, -0.15) is 0 Å². The van der Waals surface area contributed by atoms with Crippen LogP contribution in [0.25, 0.3) is 0 Å². The molecule has 0 radical (unpaired) electrons. The van der Waals surface area contributed by atoms with E-state index in [1.54, 1.807) is 0 Å². The summed E-state index contributed by atoms with van der Waals surface area (Å²) in [6, 6.07) is 0. The third-order valence-corrected chi connectivity index (χ3v) is 0. The minimum Gasteiger partial charge on any atom is -0.412 e. The first-order valence-corrected chi connectivity index (χ1v) is 0. The minimum absolute atomic E-state index is 0. The van der Waals surface area contributed by atoms with Gasteiger partial charge in [0.1, 0.15) is 0 Å². The van der Waals surface area contributed by atoms with Gasteiger partial charge in [-0.3, -0.25) is 0 Å². The minimum atomic E-state index is 0. The predicted molar refractivity (Wildman–Crippen MR) is 27.1 cm³/mol. The molecule has 2 nitrogen and oxygen atoms in total. The van der Waals surface area contributed by atoms with Crippen molar-refractivity contribution in [1.29, 1.82) is 0 Å². The third-order valence-electron chi connectivity index (χ3n) is 0. The van der Waals surface area contributed by atoms with E-state index in [1.165, 1.54) is 0 Å². The molecule has 0 heterocycles. The van der Waals surface area contributed by atoms with Crippen LogP contribution in [-0.4, -0.2) is 45.7 Å². The molecule has 6 heavy (non-hydrogen) atoms. The van der Waals surface area contributed by atoms with Crippen molar-refractivity contribution in [2.24, 2.45) is 0 Å². The number of rotatable bonds is 0. The first kappa shape index (κ1) is 86.4. The molecule has 0 aliphatic rings. The molecule has 0 unspecified atom stereocenters. The quantitative estimate of drug-likeness (QED) is 0.378. The molecular formula is H10Al2O2Zn2. The van der Waals surface area contributed by atoms with Gasteiger partial charge in [-0.1, -0.05) is 0 Å². The molecule has 0 aliphatic heterocycles. The molecule has 6 heteroatoms. The van der Waals surface area contributed by atoms with Crippen molar-refractivity contribution in [3.8, 4) is 0 Å². The normalized spacial score (nSPS) is 0. The molecule has 0 aromatic carbocycles. The number of hydrogen-bond acceptors (Lipinski definition) is 0. The van der Waals surface area contributed by atoms with E-state index in [0.717, 1.165) is 0 Å². The predicted octanol–water partition coefficient (Wildman–Crippen LogP) is -4.02. The van der Waals surface area contributed by atoms with E-state index in [-0.39, 0.29) is 84.6 Å². The summed E-state index contributed by atoms with van der Waals surface area (Å²) >= 11 is 0. The largest absolute Gasteiger partial charge is 0.412 e. The van der Waals surface area contributed by atoms with E-state index in [2.05, 4.69) is 0 Å². The first-order chi connectivity index (χ1) is 0. The Hall–Kier alpha value is 2.23. The van der Waals surface area contributed by atoms with Crippen LogP contribution in [0.5, 0.6) is 0 Å². The molecular weight excluding hydrogens is 217 g/mol. The zero-order valence-electron chi connectivity index (χ0n) is 2.41. The van der Waals surface area contributed by atoms with Crippen LogP contribution in [0, 0.1) is 0 Å². The SMILES string of the molecule is O.O.[AlH3].[AlH3].[Zn].[Zn]. The van der Waals surface area contributed by atoms with Gasteiger partial charge in [-0.05, 0) is 0 Å². The molecule has 0 bridgehead atoms. The Bertz CT molecular complexity index is 9.51. The zero-order chi connectivity index (χ0) is 0. The summed E-state index contributed by atoms with van der Waals surface area (Å²) < 4.78 is 0. The van der Waals surface area contributed by atoms with Crippen molar-refractivity contribution in [2.75, 3.05) is 0 Å². The Labute approximate surface area is 83.8 Å². The van der Waals surface area contributed by atoms with E-state index in [9.17, 15) is 0 Å². The third kappa shape index (κ3) is 34.2. The molecule has 0 aromatic heterocycles. The van der Waals surface area contributed by atoms with Crippen molar-refractivity contribution in [3.05, 3.63) is 0 Å². The molecule has 0 aromatic rings. The van der Waals surface area contributed by atoms with Crippen LogP contribution in [0.4, 0.5) is 0 Å². The van der Waals surface area contributed by atoms with Crippen LogP contribution < -0.4 is 0 Å². The molecule has 0 saturated carbocycles. The summed E-state index contributed by atoms with van der Waals surface area (Å²) in [6.45, 7) is 0. The molecule has 32 valence electrons. The van der Waals surface area contributed by atoms with E-state index in [1.807, 2.05) is 0 Å². The molecule has 0 fully saturated rings. The van der Waals surface area contributed by atoms with E-state index in [4.69, 9.17) is 0 Å². The van der Waals surface area contributed by atoms with Crippen molar-refractivity contribution < 1.29 is 49.9 Å². The maximum Gasteiger partial charge on any atom is 0.187 e. The van der Waals surface area contributed by atoms with Crippen LogP contribution in [0.3, 0.4) is 0 Å². The molecule has 0 saturated heterocycles. The summed E-state index contributed by atoms with van der Waals surface area (Å²) in [4.78, 5) is 0. The maximum absolute atomic E-state index is 0. The summed E-state index contributed by atoms with van der Waals surface area (Å²) in [7, 11) is 0. The molecule has 4 N–H and O–H groups in total. The van der Waals surface area contributed by atoms with Gasteiger partial charge in [-0.25, -0.2) is 0 Å². The topological polar surface area (TPSA) is 63.0 Å². The van der Waals surface area contributed by atoms with Gasteiger partial charge < -0.3 is 11.0 Å². The molecule has 0 rings (SSSR count). The van der Waals surface area contributed by atoms with Crippen LogP contribution >= 0.6 is 0 Å². The summed E-state index contributed by atoms with van der Waals surface area (Å²) in [6.07, 6.45) is 0. The fourth-order valence-electron chi connectivity index (χ4n) is 0. The van der Waals surface area contributed by atoms with Crippen LogP contribution in [-0.2, 0) is 39.0 Å². The van der Waals surface area contributed by atoms with Crippen LogP contribution in [0.2, 0.25) is 0 Å². The maximum atomic E-state index is 0. The Morgan fingerprint density at radius 1 is 0.500 bits per heavy atom. The van der Waals surface area contributed by atoms with E-state index < -0.39 is 0 Å². The molecule has 0 amide bonds. The van der Waals surface area contributed by atoms with Crippen LogP contribution in [0.1, 0.15) is 0 Å². The molecule has 0 atom stereocenters. The van der Waals surface area contributed by atoms with E-state index >= 15 is 0 Å². The Morgan fingerprint density at radius 3 is 0.500 bits per heavy atom. The van der Waals surface area contributed by atoms with Crippen molar-refractivity contribution >= 4 is 34.7 Å². The fourth-order valence-corrected chi connectivity index (χ4v) is 0. The van der Waals surface area contributed by atoms with Gasteiger partial charge in [0.05, 0.1) is 0 Å². The second-order valence-electron chi connectivity index (χ2n) is 0. The monoisotopic (exact) mass is 224 g/mol. The summed E-state index contributed by atoms with van der Waals surface area (Å²) in [5.74, 6) is 0. The smallest absolute Gasteiger partial charge is 0.187 e. The first-order valence-electron chi connectivity index (χ1n) is 0. The van der Waals surface area contributed by atoms with Gasteiger partial charge in [0, 0.05) is 39.0 Å². The summed E-state index contributed by atoms with van der Waals surface area (Å²) in [5.41, 5.74) is 0. The number of hydrogen-bond donors (Lipinski definition) is 0. The van der Waals surface area contributed by atoms with Crippen molar-refractivity contribution in [2.45, 2.75) is 0 Å². The van der Waals surface area contributed by atoms with Gasteiger partial charge >= 0.3 is 0 Å². The standard InChI is InChI=1S/2Al.2H2O.2Zn.6H/h;;2*1H2;;;;;;;;. The summed E-state index contributed by atoms with van der Waals surface area (Å²) in [5, 5.41) is 0. The van der Waals surface area contributed by atoms with Gasteiger partial charge in [0.15, 0.2) is 34.7 Å². The van der Waals surface area contributed by atoms with E-state index in [0.29, 0.717) is 0 Å². The average molecular weight is 227 g/mol. The average Bonchev–Trinajstić information content (AvgIpc) is 0. The Kier molecular flexibility index (Phi) is 812. The van der Waals surface area contributed by atoms with Gasteiger partial charge in [0.25, 0.3) is 0 Å². The van der Waals surface area contributed by atoms with Gasteiger partial charge in [-0.15, -0.1) is 0 Å². The van der Waals surface area contributed by atoms with Crippen LogP contribution in [0.15, 0.2) is 0 Å². The van der Waals surface area contributed by atoms with Crippen molar-refractivity contribution in [1.82, 2.24) is 0 Å². The second kappa shape index (κ2) is 56.4.